The van der Waals surface area contributed by atoms with Crippen LogP contribution in [0.4, 0.5) is 5.69 Å². The molecular formula is C21H14N6O2. The molecule has 3 heterocycles. The van der Waals surface area contributed by atoms with Crippen molar-refractivity contribution < 1.29 is 4.42 Å². The van der Waals surface area contributed by atoms with Crippen molar-refractivity contribution in [2.24, 2.45) is 0 Å². The summed E-state index contributed by atoms with van der Waals surface area (Å²) in [6, 6.07) is 16.6. The maximum atomic E-state index is 13.3. The molecule has 0 saturated heterocycles. The lowest BCUT2D eigenvalue weighted by Gasteiger charge is -2.03. The van der Waals surface area contributed by atoms with E-state index in [4.69, 9.17) is 10.2 Å². The van der Waals surface area contributed by atoms with Crippen molar-refractivity contribution in [1.29, 1.82) is 5.26 Å². The highest BCUT2D eigenvalue weighted by molar-refractivity contribution is 5.87. The number of nitrogens with one attached hydrogen (secondary N) is 1. The van der Waals surface area contributed by atoms with Gasteiger partial charge in [-0.05, 0) is 24.6 Å². The number of hydrogen-bond acceptors (Lipinski definition) is 6. The number of anilines is 1. The molecule has 8 nitrogen and oxygen atoms in total. The maximum absolute atomic E-state index is 13.3. The van der Waals surface area contributed by atoms with E-state index in [1.165, 1.54) is 4.52 Å². The zero-order valence-electron chi connectivity index (χ0n) is 15.3. The number of rotatable bonds is 2. The lowest BCUT2D eigenvalue weighted by atomic mass is 10.1. The van der Waals surface area contributed by atoms with Crippen LogP contribution in [-0.2, 0) is 0 Å². The van der Waals surface area contributed by atoms with E-state index in [0.29, 0.717) is 33.7 Å². The van der Waals surface area contributed by atoms with Crippen LogP contribution in [0.2, 0.25) is 0 Å². The summed E-state index contributed by atoms with van der Waals surface area (Å²) in [4.78, 5) is 22.3. The van der Waals surface area contributed by atoms with Crippen LogP contribution in [-0.4, -0.2) is 19.6 Å². The highest BCUT2D eigenvalue weighted by Crippen LogP contribution is 2.30. The number of nitrogens with two attached hydrogens (primary N) is 1. The van der Waals surface area contributed by atoms with Gasteiger partial charge in [-0.1, -0.05) is 36.4 Å². The molecule has 8 heteroatoms. The van der Waals surface area contributed by atoms with E-state index in [2.05, 4.69) is 21.1 Å². The smallest absolute Gasteiger partial charge is 0.285 e. The van der Waals surface area contributed by atoms with Crippen molar-refractivity contribution in [3.63, 3.8) is 0 Å². The molecule has 0 saturated carbocycles. The van der Waals surface area contributed by atoms with Gasteiger partial charge in [0.25, 0.3) is 5.56 Å². The summed E-state index contributed by atoms with van der Waals surface area (Å²) in [5, 5.41) is 12.4. The second-order valence-electron chi connectivity index (χ2n) is 6.59. The van der Waals surface area contributed by atoms with Crippen molar-refractivity contribution in [2.75, 3.05) is 5.73 Å². The van der Waals surface area contributed by atoms with E-state index in [-0.39, 0.29) is 17.1 Å². The van der Waals surface area contributed by atoms with Gasteiger partial charge in [0.15, 0.2) is 11.2 Å². The number of hydrogen-bond donors (Lipinski definition) is 2. The predicted molar refractivity (Wildman–Crippen MR) is 108 cm³/mol. The lowest BCUT2D eigenvalue weighted by molar-refractivity contribution is 0.616. The molecule has 0 bridgehead atoms. The summed E-state index contributed by atoms with van der Waals surface area (Å²) in [5.74, 6) is 0.136. The number of aromatic amines is 1. The Bertz CT molecular complexity index is 1500. The van der Waals surface area contributed by atoms with Gasteiger partial charge in [0.2, 0.25) is 5.89 Å². The van der Waals surface area contributed by atoms with Gasteiger partial charge in [0.1, 0.15) is 22.8 Å². The number of fused-ring (bicyclic) bond motifs is 2. The van der Waals surface area contributed by atoms with Crippen molar-refractivity contribution in [1.82, 2.24) is 19.6 Å². The minimum atomic E-state index is -0.406. The van der Waals surface area contributed by atoms with E-state index in [9.17, 15) is 10.1 Å². The second kappa shape index (κ2) is 6.07. The molecular weight excluding hydrogens is 368 g/mol. The van der Waals surface area contributed by atoms with Gasteiger partial charge < -0.3 is 10.2 Å². The van der Waals surface area contributed by atoms with Gasteiger partial charge in [-0.2, -0.15) is 9.78 Å². The number of nitrogens with zero attached hydrogens (tertiary/aromatic N) is 4. The molecule has 0 aliphatic rings. The number of benzene rings is 2. The highest BCUT2D eigenvalue weighted by Gasteiger charge is 2.23. The first kappa shape index (κ1) is 16.8. The first-order chi connectivity index (χ1) is 14.1. The minimum absolute atomic E-state index is 0.136. The van der Waals surface area contributed by atoms with Crippen LogP contribution < -0.4 is 11.3 Å². The number of nitrogen functional groups attached to an aromatic ring is 1. The Kier molecular flexibility index (Phi) is 3.51. The number of nitriles is 1. The van der Waals surface area contributed by atoms with Crippen LogP contribution >= 0.6 is 0 Å². The van der Waals surface area contributed by atoms with Crippen molar-refractivity contribution in [2.45, 2.75) is 6.92 Å². The fourth-order valence-corrected chi connectivity index (χ4v) is 3.46. The molecule has 0 atom stereocenters. The van der Waals surface area contributed by atoms with Gasteiger partial charge in [0.05, 0.1) is 16.9 Å². The molecule has 5 aromatic rings. The van der Waals surface area contributed by atoms with Crippen LogP contribution in [0.3, 0.4) is 0 Å². The van der Waals surface area contributed by atoms with E-state index >= 15 is 0 Å². The molecule has 29 heavy (non-hydrogen) atoms. The Labute approximate surface area is 163 Å². The molecule has 3 N–H and O–H groups in total. The first-order valence-corrected chi connectivity index (χ1v) is 8.84. The zero-order valence-corrected chi connectivity index (χ0v) is 15.3. The third-order valence-corrected chi connectivity index (χ3v) is 4.80. The standard InChI is InChI=1S/C21H14N6O2/c1-11-16(20-25-18-13(23)8-5-9-15(18)29-20)21(28)27-19(24-11)17(14(10-22)26-27)12-6-3-2-4-7-12/h2-9,26H,23H2,1H3. The summed E-state index contributed by atoms with van der Waals surface area (Å²) in [5.41, 5.74) is 9.62. The Morgan fingerprint density at radius 3 is 2.62 bits per heavy atom. The molecule has 0 spiro atoms. The summed E-state index contributed by atoms with van der Waals surface area (Å²) >= 11 is 0. The number of oxazole rings is 1. The average Bonchev–Trinajstić information content (AvgIpc) is 3.31. The van der Waals surface area contributed by atoms with E-state index in [1.54, 1.807) is 25.1 Å². The molecule has 0 aliphatic heterocycles. The third kappa shape index (κ3) is 2.41. The topological polar surface area (TPSA) is 126 Å². The van der Waals surface area contributed by atoms with Gasteiger partial charge in [-0.3, -0.25) is 9.89 Å². The van der Waals surface area contributed by atoms with Gasteiger partial charge >= 0.3 is 0 Å². The normalized spacial score (nSPS) is 11.2. The molecule has 0 fully saturated rings. The Morgan fingerprint density at radius 1 is 1.10 bits per heavy atom. The summed E-state index contributed by atoms with van der Waals surface area (Å²) in [6.45, 7) is 1.71. The third-order valence-electron chi connectivity index (χ3n) is 4.80. The molecule has 0 amide bonds. The monoisotopic (exact) mass is 382 g/mol. The molecule has 0 aliphatic carbocycles. The number of H-pyrrole nitrogens is 1. The molecule has 140 valence electrons. The highest BCUT2D eigenvalue weighted by atomic mass is 16.3. The van der Waals surface area contributed by atoms with Crippen LogP contribution in [0.25, 0.3) is 39.3 Å². The fraction of sp³-hybridized carbons (Fsp3) is 0.0476. The van der Waals surface area contributed by atoms with Crippen molar-refractivity contribution in [3.8, 4) is 28.7 Å². The summed E-state index contributed by atoms with van der Waals surface area (Å²) in [6.07, 6.45) is 0. The summed E-state index contributed by atoms with van der Waals surface area (Å²) in [7, 11) is 0. The van der Waals surface area contributed by atoms with E-state index in [0.717, 1.165) is 5.56 Å². The Morgan fingerprint density at radius 2 is 1.90 bits per heavy atom. The van der Waals surface area contributed by atoms with Crippen LogP contribution in [0.15, 0.2) is 57.7 Å². The quantitative estimate of drug-likeness (QED) is 0.451. The SMILES string of the molecule is Cc1nc2c(-c3ccccc3)c(C#N)[nH]n2c(=O)c1-c1nc2c(N)cccc2o1. The summed E-state index contributed by atoms with van der Waals surface area (Å²) < 4.78 is 7.02. The largest absolute Gasteiger partial charge is 0.436 e. The second-order valence-corrected chi connectivity index (χ2v) is 6.59. The Hall–Kier alpha value is -4.38. The van der Waals surface area contributed by atoms with Crippen molar-refractivity contribution >= 4 is 22.4 Å². The van der Waals surface area contributed by atoms with Crippen LogP contribution in [0, 0.1) is 18.3 Å². The first-order valence-electron chi connectivity index (χ1n) is 8.84. The average molecular weight is 382 g/mol. The van der Waals surface area contributed by atoms with Gasteiger partial charge in [-0.15, -0.1) is 0 Å². The molecule has 3 aromatic heterocycles. The molecule has 0 radical (unpaired) electrons. The van der Waals surface area contributed by atoms with Gasteiger partial charge in [0, 0.05) is 0 Å². The molecule has 0 unspecified atom stereocenters. The zero-order chi connectivity index (χ0) is 20.1. The number of para-hydroxylation sites is 1. The molecule has 2 aromatic carbocycles. The predicted octanol–water partition coefficient (Wildman–Crippen LogP) is 3.26. The number of aryl methyl sites for hydroxylation is 1. The van der Waals surface area contributed by atoms with Crippen LogP contribution in [0.1, 0.15) is 11.4 Å². The van der Waals surface area contributed by atoms with Crippen LogP contribution in [0.5, 0.6) is 0 Å². The minimum Gasteiger partial charge on any atom is -0.436 e. The molecule has 5 rings (SSSR count). The van der Waals surface area contributed by atoms with Gasteiger partial charge in [-0.25, -0.2) is 9.97 Å². The van der Waals surface area contributed by atoms with Crippen molar-refractivity contribution in [3.05, 3.63) is 70.3 Å². The van der Waals surface area contributed by atoms with E-state index < -0.39 is 5.56 Å². The fourth-order valence-electron chi connectivity index (χ4n) is 3.46. The van der Waals surface area contributed by atoms with E-state index in [1.807, 2.05) is 30.3 Å². The lowest BCUT2D eigenvalue weighted by Crippen LogP contribution is -2.19. The maximum Gasteiger partial charge on any atom is 0.285 e. The number of aromatic nitrogens is 4. The Balaban J connectivity index is 1.82.